The van der Waals surface area contributed by atoms with E-state index in [-0.39, 0.29) is 17.2 Å². The average molecular weight is 335 g/mol. The SMILES string of the molecule is NCc1ccc(CNC(=O)c2ccc(Br)cc2O)cc1. The molecule has 20 heavy (non-hydrogen) atoms. The van der Waals surface area contributed by atoms with Gasteiger partial charge in [-0.2, -0.15) is 0 Å². The van der Waals surface area contributed by atoms with Crippen LogP contribution in [-0.2, 0) is 13.1 Å². The van der Waals surface area contributed by atoms with Crippen LogP contribution in [0.1, 0.15) is 21.5 Å². The molecule has 0 spiro atoms. The molecule has 0 aliphatic heterocycles. The Morgan fingerprint density at radius 2 is 1.80 bits per heavy atom. The Balaban J connectivity index is 2.00. The highest BCUT2D eigenvalue weighted by atomic mass is 79.9. The Bertz CT molecular complexity index is 612. The third-order valence-electron chi connectivity index (χ3n) is 2.92. The average Bonchev–Trinajstić information content (AvgIpc) is 2.45. The van der Waals surface area contributed by atoms with E-state index in [9.17, 15) is 9.90 Å². The van der Waals surface area contributed by atoms with E-state index in [1.807, 2.05) is 24.3 Å². The number of halogens is 1. The second-order valence-corrected chi connectivity index (χ2v) is 5.28. The van der Waals surface area contributed by atoms with Crippen molar-refractivity contribution in [1.29, 1.82) is 0 Å². The summed E-state index contributed by atoms with van der Waals surface area (Å²) in [4.78, 5) is 12.0. The van der Waals surface area contributed by atoms with Gasteiger partial charge in [0.25, 0.3) is 5.91 Å². The van der Waals surface area contributed by atoms with Crippen LogP contribution in [0, 0.1) is 0 Å². The molecule has 4 nitrogen and oxygen atoms in total. The van der Waals surface area contributed by atoms with Crippen molar-refractivity contribution < 1.29 is 9.90 Å². The van der Waals surface area contributed by atoms with Gasteiger partial charge in [0, 0.05) is 17.6 Å². The van der Waals surface area contributed by atoms with Gasteiger partial charge in [0.15, 0.2) is 0 Å². The number of phenolic OH excluding ortho intramolecular Hbond substituents is 1. The van der Waals surface area contributed by atoms with Crippen molar-refractivity contribution in [3.05, 3.63) is 63.6 Å². The zero-order valence-electron chi connectivity index (χ0n) is 10.8. The molecule has 0 fully saturated rings. The molecule has 4 N–H and O–H groups in total. The van der Waals surface area contributed by atoms with E-state index < -0.39 is 0 Å². The normalized spacial score (nSPS) is 10.3. The van der Waals surface area contributed by atoms with Crippen molar-refractivity contribution in [2.75, 3.05) is 0 Å². The molecule has 0 aliphatic rings. The molecule has 5 heteroatoms. The number of carbonyl (C=O) groups is 1. The second kappa shape index (κ2) is 6.54. The molecular formula is C15H15BrN2O2. The Kier molecular flexibility index (Phi) is 4.76. The van der Waals surface area contributed by atoms with E-state index in [1.165, 1.54) is 6.07 Å². The number of rotatable bonds is 4. The molecule has 0 saturated heterocycles. The van der Waals surface area contributed by atoms with E-state index in [2.05, 4.69) is 21.2 Å². The van der Waals surface area contributed by atoms with Crippen molar-refractivity contribution >= 4 is 21.8 Å². The Hall–Kier alpha value is -1.85. The van der Waals surface area contributed by atoms with Crippen LogP contribution in [0.5, 0.6) is 5.75 Å². The smallest absolute Gasteiger partial charge is 0.255 e. The molecule has 2 aromatic rings. The van der Waals surface area contributed by atoms with Gasteiger partial charge in [-0.1, -0.05) is 40.2 Å². The van der Waals surface area contributed by atoms with Crippen molar-refractivity contribution in [2.45, 2.75) is 13.1 Å². The van der Waals surface area contributed by atoms with E-state index in [0.29, 0.717) is 13.1 Å². The Labute approximate surface area is 125 Å². The maximum absolute atomic E-state index is 12.0. The number of hydrogen-bond donors (Lipinski definition) is 3. The number of benzene rings is 2. The van der Waals surface area contributed by atoms with Crippen LogP contribution in [0.25, 0.3) is 0 Å². The van der Waals surface area contributed by atoms with E-state index in [4.69, 9.17) is 5.73 Å². The number of nitrogens with one attached hydrogen (secondary N) is 1. The number of nitrogens with two attached hydrogens (primary N) is 1. The van der Waals surface area contributed by atoms with Crippen LogP contribution in [-0.4, -0.2) is 11.0 Å². The molecule has 2 rings (SSSR count). The molecule has 104 valence electrons. The molecule has 2 aromatic carbocycles. The lowest BCUT2D eigenvalue weighted by molar-refractivity contribution is 0.0948. The first kappa shape index (κ1) is 14.6. The summed E-state index contributed by atoms with van der Waals surface area (Å²) in [7, 11) is 0. The first-order chi connectivity index (χ1) is 9.60. The van der Waals surface area contributed by atoms with Crippen LogP contribution in [0.4, 0.5) is 0 Å². The molecule has 0 aliphatic carbocycles. The standard InChI is InChI=1S/C15H15BrN2O2/c16-12-5-6-13(14(19)7-12)15(20)18-9-11-3-1-10(8-17)2-4-11/h1-7,19H,8-9,17H2,(H,18,20). The lowest BCUT2D eigenvalue weighted by Crippen LogP contribution is -2.22. The molecule has 0 aromatic heterocycles. The van der Waals surface area contributed by atoms with Crippen LogP contribution in [0.3, 0.4) is 0 Å². The topological polar surface area (TPSA) is 75.3 Å². The van der Waals surface area contributed by atoms with E-state index in [1.54, 1.807) is 12.1 Å². The van der Waals surface area contributed by atoms with Gasteiger partial charge in [-0.3, -0.25) is 4.79 Å². The molecule has 0 unspecified atom stereocenters. The minimum atomic E-state index is -0.307. The van der Waals surface area contributed by atoms with E-state index >= 15 is 0 Å². The number of phenols is 1. The molecular weight excluding hydrogens is 320 g/mol. The highest BCUT2D eigenvalue weighted by Crippen LogP contribution is 2.22. The van der Waals surface area contributed by atoms with Crippen molar-refractivity contribution in [3.8, 4) is 5.75 Å². The fourth-order valence-corrected chi connectivity index (χ4v) is 2.12. The Morgan fingerprint density at radius 1 is 1.15 bits per heavy atom. The highest BCUT2D eigenvalue weighted by Gasteiger charge is 2.10. The van der Waals surface area contributed by atoms with Gasteiger partial charge in [0.05, 0.1) is 5.56 Å². The van der Waals surface area contributed by atoms with Gasteiger partial charge in [0.1, 0.15) is 5.75 Å². The summed E-state index contributed by atoms with van der Waals surface area (Å²) in [5.74, 6) is -0.353. The predicted octanol–water partition coefficient (Wildman–Crippen LogP) is 2.54. The number of aromatic hydroxyl groups is 1. The van der Waals surface area contributed by atoms with Crippen LogP contribution in [0.2, 0.25) is 0 Å². The summed E-state index contributed by atoms with van der Waals surface area (Å²) < 4.78 is 0.726. The number of hydrogen-bond acceptors (Lipinski definition) is 3. The van der Waals surface area contributed by atoms with Crippen molar-refractivity contribution in [1.82, 2.24) is 5.32 Å². The summed E-state index contributed by atoms with van der Waals surface area (Å²) in [5.41, 5.74) is 7.81. The summed E-state index contributed by atoms with van der Waals surface area (Å²) in [6, 6.07) is 12.5. The summed E-state index contributed by atoms with van der Waals surface area (Å²) in [6.07, 6.45) is 0. The lowest BCUT2D eigenvalue weighted by Gasteiger charge is -2.08. The molecule has 0 saturated carbocycles. The van der Waals surface area contributed by atoms with Gasteiger partial charge in [-0.15, -0.1) is 0 Å². The van der Waals surface area contributed by atoms with Crippen LogP contribution in [0.15, 0.2) is 46.9 Å². The monoisotopic (exact) mass is 334 g/mol. The third kappa shape index (κ3) is 3.59. The fourth-order valence-electron chi connectivity index (χ4n) is 1.77. The minimum absolute atomic E-state index is 0.0460. The largest absolute Gasteiger partial charge is 0.507 e. The van der Waals surface area contributed by atoms with E-state index in [0.717, 1.165) is 15.6 Å². The maximum Gasteiger partial charge on any atom is 0.255 e. The zero-order chi connectivity index (χ0) is 14.5. The third-order valence-corrected chi connectivity index (χ3v) is 3.41. The maximum atomic E-state index is 12.0. The molecule has 0 bridgehead atoms. The molecule has 0 radical (unpaired) electrons. The van der Waals surface area contributed by atoms with Gasteiger partial charge >= 0.3 is 0 Å². The first-order valence-electron chi connectivity index (χ1n) is 6.15. The second-order valence-electron chi connectivity index (χ2n) is 4.36. The first-order valence-corrected chi connectivity index (χ1v) is 6.94. The minimum Gasteiger partial charge on any atom is -0.507 e. The summed E-state index contributed by atoms with van der Waals surface area (Å²) in [5, 5.41) is 12.5. The lowest BCUT2D eigenvalue weighted by atomic mass is 10.1. The summed E-state index contributed by atoms with van der Waals surface area (Å²) in [6.45, 7) is 0.901. The molecule has 1 amide bonds. The van der Waals surface area contributed by atoms with Crippen LogP contribution < -0.4 is 11.1 Å². The molecule has 0 atom stereocenters. The Morgan fingerprint density at radius 3 is 2.40 bits per heavy atom. The van der Waals surface area contributed by atoms with Crippen LogP contribution >= 0.6 is 15.9 Å². The van der Waals surface area contributed by atoms with Gasteiger partial charge in [0.2, 0.25) is 0 Å². The highest BCUT2D eigenvalue weighted by molar-refractivity contribution is 9.10. The zero-order valence-corrected chi connectivity index (χ0v) is 12.4. The van der Waals surface area contributed by atoms with Gasteiger partial charge < -0.3 is 16.2 Å². The quantitative estimate of drug-likeness (QED) is 0.804. The van der Waals surface area contributed by atoms with Gasteiger partial charge in [-0.05, 0) is 29.3 Å². The van der Waals surface area contributed by atoms with Crippen molar-refractivity contribution in [2.24, 2.45) is 5.73 Å². The molecule has 0 heterocycles. The summed E-state index contributed by atoms with van der Waals surface area (Å²) >= 11 is 3.23. The van der Waals surface area contributed by atoms with Gasteiger partial charge in [-0.25, -0.2) is 0 Å². The van der Waals surface area contributed by atoms with Crippen molar-refractivity contribution in [3.63, 3.8) is 0 Å². The predicted molar refractivity (Wildman–Crippen MR) is 81.3 cm³/mol. The fraction of sp³-hybridized carbons (Fsp3) is 0.133. The number of carbonyl (C=O) groups excluding carboxylic acids is 1. The number of amides is 1.